The van der Waals surface area contributed by atoms with Crippen LogP contribution in [0.2, 0.25) is 0 Å². The van der Waals surface area contributed by atoms with E-state index in [2.05, 4.69) is 0 Å². The van der Waals surface area contributed by atoms with Gasteiger partial charge in [0.1, 0.15) is 0 Å². The Morgan fingerprint density at radius 1 is 0.273 bits per heavy atom. The van der Waals surface area contributed by atoms with Gasteiger partial charge in [0, 0.05) is 0 Å². The Bertz CT molecular complexity index is 300. The van der Waals surface area contributed by atoms with Crippen LogP contribution in [0, 0.1) is 35.5 Å². The normalized spacial score (nSPS) is 42.0. The van der Waals surface area contributed by atoms with E-state index in [0.29, 0.717) is 0 Å². The molecule has 4 fully saturated rings. The molecule has 4 atom stereocenters. The minimum absolute atomic E-state index is 1.13. The predicted molar refractivity (Wildman–Crippen MR) is 94.8 cm³/mol. The quantitative estimate of drug-likeness (QED) is 0.527. The molecule has 0 aromatic carbocycles. The fourth-order valence-corrected chi connectivity index (χ4v) is 7.03. The molecule has 0 aliphatic heterocycles. The highest BCUT2D eigenvalue weighted by Crippen LogP contribution is 2.51. The first-order valence-electron chi connectivity index (χ1n) is 10.9. The Morgan fingerprint density at radius 3 is 0.955 bits per heavy atom. The molecule has 0 spiro atoms. The van der Waals surface area contributed by atoms with Crippen LogP contribution in [0.25, 0.3) is 0 Å². The van der Waals surface area contributed by atoms with E-state index in [1.54, 1.807) is 89.9 Å². The van der Waals surface area contributed by atoms with Crippen molar-refractivity contribution in [3.63, 3.8) is 0 Å². The van der Waals surface area contributed by atoms with E-state index in [4.69, 9.17) is 0 Å². The second kappa shape index (κ2) is 7.27. The lowest BCUT2D eigenvalue weighted by Gasteiger charge is -2.29. The van der Waals surface area contributed by atoms with Crippen molar-refractivity contribution in [1.82, 2.24) is 0 Å². The highest BCUT2D eigenvalue weighted by molar-refractivity contribution is 4.90. The van der Waals surface area contributed by atoms with Gasteiger partial charge >= 0.3 is 0 Å². The molecule has 4 unspecified atom stereocenters. The lowest BCUT2D eigenvalue weighted by atomic mass is 9.77. The van der Waals surface area contributed by atoms with Crippen LogP contribution in [0.5, 0.6) is 0 Å². The standard InChI is InChI=1S/C22H38/c1-3-7-17(8-4-1)19-11-13-21(15-19)22-14-12-20(16-22)18-9-5-2-6-10-18/h17-22H,1-16H2. The van der Waals surface area contributed by atoms with Crippen LogP contribution in [0.1, 0.15) is 103 Å². The van der Waals surface area contributed by atoms with Gasteiger partial charge in [-0.1, -0.05) is 64.2 Å². The molecule has 0 N–H and O–H groups in total. The smallest absolute Gasteiger partial charge is 0.0383 e. The van der Waals surface area contributed by atoms with Crippen LogP contribution in [-0.2, 0) is 0 Å². The lowest BCUT2D eigenvalue weighted by Crippen LogP contribution is -2.18. The fraction of sp³-hybridized carbons (Fsp3) is 1.00. The van der Waals surface area contributed by atoms with Crippen molar-refractivity contribution in [3.8, 4) is 0 Å². The van der Waals surface area contributed by atoms with Crippen molar-refractivity contribution in [2.24, 2.45) is 35.5 Å². The Labute approximate surface area is 138 Å². The number of hydrogen-bond donors (Lipinski definition) is 0. The molecular formula is C22H38. The molecule has 0 amide bonds. The van der Waals surface area contributed by atoms with E-state index in [-0.39, 0.29) is 0 Å². The molecule has 0 nitrogen and oxygen atoms in total. The van der Waals surface area contributed by atoms with Crippen LogP contribution in [0.4, 0.5) is 0 Å². The highest BCUT2D eigenvalue weighted by atomic mass is 14.4. The molecule has 4 aliphatic rings. The molecule has 0 radical (unpaired) electrons. The molecule has 126 valence electrons. The van der Waals surface area contributed by atoms with E-state index in [1.807, 2.05) is 0 Å². The van der Waals surface area contributed by atoms with E-state index < -0.39 is 0 Å². The first-order chi connectivity index (χ1) is 10.9. The Balaban J connectivity index is 1.26. The van der Waals surface area contributed by atoms with Gasteiger partial charge in [0.25, 0.3) is 0 Å². The second-order valence-electron chi connectivity index (χ2n) is 9.46. The molecule has 0 aromatic rings. The highest BCUT2D eigenvalue weighted by Gasteiger charge is 2.39. The van der Waals surface area contributed by atoms with Gasteiger partial charge in [0.05, 0.1) is 0 Å². The third kappa shape index (κ3) is 3.41. The lowest BCUT2D eigenvalue weighted by molar-refractivity contribution is 0.221. The van der Waals surface area contributed by atoms with Gasteiger partial charge in [-0.25, -0.2) is 0 Å². The van der Waals surface area contributed by atoms with Crippen molar-refractivity contribution in [2.45, 2.75) is 103 Å². The van der Waals surface area contributed by atoms with Gasteiger partial charge in [0.2, 0.25) is 0 Å². The average Bonchev–Trinajstić information content (AvgIpc) is 3.26. The molecule has 22 heavy (non-hydrogen) atoms. The summed E-state index contributed by atoms with van der Waals surface area (Å²) in [6.45, 7) is 0. The molecule has 0 bridgehead atoms. The summed E-state index contributed by atoms with van der Waals surface area (Å²) in [7, 11) is 0. The summed E-state index contributed by atoms with van der Waals surface area (Å²) >= 11 is 0. The SMILES string of the molecule is C1CCC(C2CCC(C3CCC(C4CCCCC4)C3)C2)CC1. The molecule has 4 aliphatic carbocycles. The third-order valence-corrected chi connectivity index (χ3v) is 8.33. The minimum Gasteiger partial charge on any atom is -0.0533 e. The van der Waals surface area contributed by atoms with Crippen LogP contribution in [0.3, 0.4) is 0 Å². The van der Waals surface area contributed by atoms with Gasteiger partial charge in [0.15, 0.2) is 0 Å². The Kier molecular flexibility index (Phi) is 5.13. The number of rotatable bonds is 3. The molecule has 0 saturated heterocycles. The second-order valence-corrected chi connectivity index (χ2v) is 9.46. The van der Waals surface area contributed by atoms with Crippen molar-refractivity contribution in [2.75, 3.05) is 0 Å². The van der Waals surface area contributed by atoms with Gasteiger partial charge in [-0.05, 0) is 74.0 Å². The zero-order valence-corrected chi connectivity index (χ0v) is 14.8. The van der Waals surface area contributed by atoms with E-state index in [0.717, 1.165) is 35.5 Å². The molecule has 4 saturated carbocycles. The van der Waals surface area contributed by atoms with Crippen LogP contribution < -0.4 is 0 Å². The maximum absolute atomic E-state index is 1.63. The predicted octanol–water partition coefficient (Wildman–Crippen LogP) is 6.98. The third-order valence-electron chi connectivity index (χ3n) is 8.33. The Hall–Kier alpha value is 0. The summed E-state index contributed by atoms with van der Waals surface area (Å²) in [6, 6.07) is 0. The van der Waals surface area contributed by atoms with Crippen molar-refractivity contribution in [1.29, 1.82) is 0 Å². The van der Waals surface area contributed by atoms with Crippen molar-refractivity contribution >= 4 is 0 Å². The van der Waals surface area contributed by atoms with E-state index in [9.17, 15) is 0 Å². The van der Waals surface area contributed by atoms with Crippen molar-refractivity contribution < 1.29 is 0 Å². The number of hydrogen-bond acceptors (Lipinski definition) is 0. The summed E-state index contributed by atoms with van der Waals surface area (Å²) in [5, 5.41) is 0. The van der Waals surface area contributed by atoms with E-state index in [1.165, 1.54) is 12.8 Å². The molecule has 0 heteroatoms. The largest absolute Gasteiger partial charge is 0.0533 e. The van der Waals surface area contributed by atoms with E-state index >= 15 is 0 Å². The Morgan fingerprint density at radius 2 is 0.591 bits per heavy atom. The summed E-state index contributed by atoms with van der Waals surface area (Å²) < 4.78 is 0. The van der Waals surface area contributed by atoms with Gasteiger partial charge in [-0.15, -0.1) is 0 Å². The zero-order valence-electron chi connectivity index (χ0n) is 14.8. The van der Waals surface area contributed by atoms with Crippen molar-refractivity contribution in [3.05, 3.63) is 0 Å². The molecule has 0 heterocycles. The zero-order chi connectivity index (χ0) is 14.8. The topological polar surface area (TPSA) is 0 Å². The van der Waals surface area contributed by atoms with Gasteiger partial charge in [-0.2, -0.15) is 0 Å². The summed E-state index contributed by atoms with van der Waals surface area (Å²) in [5.74, 6) is 6.82. The average molecular weight is 303 g/mol. The maximum atomic E-state index is 1.63. The first kappa shape index (κ1) is 15.5. The van der Waals surface area contributed by atoms with Crippen LogP contribution in [-0.4, -0.2) is 0 Å². The molecular weight excluding hydrogens is 264 g/mol. The van der Waals surface area contributed by atoms with Gasteiger partial charge < -0.3 is 0 Å². The van der Waals surface area contributed by atoms with Crippen LogP contribution in [0.15, 0.2) is 0 Å². The van der Waals surface area contributed by atoms with Gasteiger partial charge in [-0.3, -0.25) is 0 Å². The molecule has 0 aromatic heterocycles. The van der Waals surface area contributed by atoms with Crippen LogP contribution >= 0.6 is 0 Å². The monoisotopic (exact) mass is 302 g/mol. The molecule has 4 rings (SSSR count). The summed E-state index contributed by atoms with van der Waals surface area (Å²) in [4.78, 5) is 0. The first-order valence-corrected chi connectivity index (χ1v) is 10.9. The summed E-state index contributed by atoms with van der Waals surface area (Å²) in [5.41, 5.74) is 0. The minimum atomic E-state index is 1.13. The maximum Gasteiger partial charge on any atom is -0.0383 e. The summed E-state index contributed by atoms with van der Waals surface area (Å²) in [6.07, 6.45) is 25.2. The fourth-order valence-electron chi connectivity index (χ4n) is 7.03.